The van der Waals surface area contributed by atoms with Crippen LogP contribution in [-0.2, 0) is 17.7 Å². The van der Waals surface area contributed by atoms with Crippen LogP contribution in [-0.4, -0.2) is 37.7 Å². The minimum absolute atomic E-state index is 0. The third-order valence-electron chi connectivity index (χ3n) is 3.52. The van der Waals surface area contributed by atoms with Gasteiger partial charge in [0.1, 0.15) is 0 Å². The van der Waals surface area contributed by atoms with Crippen molar-refractivity contribution in [3.63, 3.8) is 0 Å². The number of anilines is 2. The lowest BCUT2D eigenvalue weighted by Gasteiger charge is -2.26. The fraction of sp³-hybridized carbons (Fsp3) is 0.538. The highest BCUT2D eigenvalue weighted by molar-refractivity contribution is 5.86. The SMILES string of the molecule is Cl.Cl.Cl.Nc1cc(CN2CCOCC2)cc2c1NCC2. The van der Waals surface area contributed by atoms with Gasteiger partial charge in [-0.1, -0.05) is 6.07 Å². The molecule has 2 heterocycles. The van der Waals surface area contributed by atoms with Crippen LogP contribution in [0.1, 0.15) is 11.1 Å². The monoisotopic (exact) mass is 341 g/mol. The van der Waals surface area contributed by atoms with Gasteiger partial charge >= 0.3 is 0 Å². The lowest BCUT2D eigenvalue weighted by molar-refractivity contribution is 0.0342. The van der Waals surface area contributed by atoms with Gasteiger partial charge in [0.25, 0.3) is 0 Å². The minimum atomic E-state index is 0. The second-order valence-corrected chi connectivity index (χ2v) is 4.78. The number of fused-ring (bicyclic) bond motifs is 1. The minimum Gasteiger partial charge on any atom is -0.397 e. The third-order valence-corrected chi connectivity index (χ3v) is 3.52. The zero-order valence-electron chi connectivity index (χ0n) is 11.3. The Labute approximate surface area is 138 Å². The molecule has 3 N–H and O–H groups in total. The molecule has 7 heteroatoms. The molecule has 3 rings (SSSR count). The third kappa shape index (κ3) is 4.30. The van der Waals surface area contributed by atoms with E-state index in [1.807, 2.05) is 0 Å². The second kappa shape index (κ2) is 8.80. The predicted molar refractivity (Wildman–Crippen MR) is 90.9 cm³/mol. The van der Waals surface area contributed by atoms with Gasteiger partial charge in [-0.25, -0.2) is 0 Å². The van der Waals surface area contributed by atoms with Crippen molar-refractivity contribution < 1.29 is 4.74 Å². The standard InChI is InChI=1S/C13H19N3O.3ClH/c14-12-8-10(7-11-1-2-15-13(11)12)9-16-3-5-17-6-4-16;;;/h7-8,15H,1-6,9,14H2;3*1H. The Morgan fingerprint density at radius 2 is 1.85 bits per heavy atom. The van der Waals surface area contributed by atoms with Gasteiger partial charge in [-0.2, -0.15) is 0 Å². The van der Waals surface area contributed by atoms with E-state index in [4.69, 9.17) is 10.5 Å². The molecule has 0 saturated carbocycles. The molecule has 0 amide bonds. The Morgan fingerprint density at radius 1 is 1.15 bits per heavy atom. The van der Waals surface area contributed by atoms with Crippen LogP contribution < -0.4 is 11.1 Å². The lowest BCUT2D eigenvalue weighted by Crippen LogP contribution is -2.35. The first-order valence-electron chi connectivity index (χ1n) is 6.28. The van der Waals surface area contributed by atoms with Gasteiger partial charge in [-0.05, 0) is 23.6 Å². The number of nitrogens with two attached hydrogens (primary N) is 1. The van der Waals surface area contributed by atoms with E-state index in [-0.39, 0.29) is 37.2 Å². The Kier molecular flexibility index (Phi) is 8.63. The van der Waals surface area contributed by atoms with Crippen molar-refractivity contribution in [2.45, 2.75) is 13.0 Å². The molecular formula is C13H22Cl3N3O. The molecule has 2 aliphatic heterocycles. The molecule has 0 aliphatic carbocycles. The first-order chi connectivity index (χ1) is 8.33. The van der Waals surface area contributed by atoms with E-state index >= 15 is 0 Å². The van der Waals surface area contributed by atoms with Crippen LogP contribution in [0.3, 0.4) is 0 Å². The normalized spacial score (nSPS) is 17.0. The van der Waals surface area contributed by atoms with Crippen molar-refractivity contribution in [2.75, 3.05) is 43.9 Å². The summed E-state index contributed by atoms with van der Waals surface area (Å²) >= 11 is 0. The molecule has 0 aromatic heterocycles. The van der Waals surface area contributed by atoms with Crippen LogP contribution in [0.4, 0.5) is 11.4 Å². The maximum Gasteiger partial charge on any atom is 0.0607 e. The predicted octanol–water partition coefficient (Wildman–Crippen LogP) is 2.33. The number of hydrogen-bond acceptors (Lipinski definition) is 4. The van der Waals surface area contributed by atoms with Gasteiger partial charge in [-0.15, -0.1) is 37.2 Å². The summed E-state index contributed by atoms with van der Waals surface area (Å²) in [6.45, 7) is 5.75. The molecule has 0 radical (unpaired) electrons. The summed E-state index contributed by atoms with van der Waals surface area (Å²) in [5.41, 5.74) is 10.8. The molecule has 0 bridgehead atoms. The van der Waals surface area contributed by atoms with Gasteiger partial charge in [-0.3, -0.25) is 4.90 Å². The first-order valence-corrected chi connectivity index (χ1v) is 6.28. The number of rotatable bonds is 2. The van der Waals surface area contributed by atoms with Crippen molar-refractivity contribution >= 4 is 48.6 Å². The fourth-order valence-electron chi connectivity index (χ4n) is 2.64. The molecule has 20 heavy (non-hydrogen) atoms. The summed E-state index contributed by atoms with van der Waals surface area (Å²) in [4.78, 5) is 2.42. The van der Waals surface area contributed by atoms with Crippen molar-refractivity contribution in [3.8, 4) is 0 Å². The van der Waals surface area contributed by atoms with Gasteiger partial charge in [0.2, 0.25) is 0 Å². The number of halogens is 3. The van der Waals surface area contributed by atoms with Gasteiger partial charge in [0.05, 0.1) is 24.6 Å². The zero-order valence-corrected chi connectivity index (χ0v) is 13.7. The van der Waals surface area contributed by atoms with Crippen LogP contribution in [0.15, 0.2) is 12.1 Å². The fourth-order valence-corrected chi connectivity index (χ4v) is 2.64. The number of hydrogen-bond donors (Lipinski definition) is 2. The zero-order chi connectivity index (χ0) is 11.7. The topological polar surface area (TPSA) is 50.5 Å². The maximum atomic E-state index is 6.07. The summed E-state index contributed by atoms with van der Waals surface area (Å²) in [6, 6.07) is 4.40. The first kappa shape index (κ1) is 19.6. The number of morpholine rings is 1. The number of nitrogens with zero attached hydrogens (tertiary/aromatic N) is 1. The van der Waals surface area contributed by atoms with Crippen molar-refractivity contribution in [1.29, 1.82) is 0 Å². The van der Waals surface area contributed by atoms with Crippen molar-refractivity contribution in [1.82, 2.24) is 4.90 Å². The summed E-state index contributed by atoms with van der Waals surface area (Å²) in [5.74, 6) is 0. The van der Waals surface area contributed by atoms with Crippen LogP contribution in [0.25, 0.3) is 0 Å². The Hall–Kier alpha value is -0.390. The maximum absolute atomic E-state index is 6.07. The molecule has 0 atom stereocenters. The Bertz CT molecular complexity index is 426. The Balaban J connectivity index is 0.00000120. The molecule has 0 unspecified atom stereocenters. The smallest absolute Gasteiger partial charge is 0.0607 e. The summed E-state index contributed by atoms with van der Waals surface area (Å²) < 4.78 is 5.36. The number of nitrogens with one attached hydrogen (secondary N) is 1. The van der Waals surface area contributed by atoms with E-state index in [1.54, 1.807) is 0 Å². The molecule has 116 valence electrons. The molecule has 2 aliphatic rings. The quantitative estimate of drug-likeness (QED) is 0.810. The van der Waals surface area contributed by atoms with Crippen LogP contribution in [0.2, 0.25) is 0 Å². The average Bonchev–Trinajstić information content (AvgIpc) is 2.79. The van der Waals surface area contributed by atoms with Crippen molar-refractivity contribution in [2.24, 2.45) is 0 Å². The number of ether oxygens (including phenoxy) is 1. The van der Waals surface area contributed by atoms with Gasteiger partial charge in [0, 0.05) is 26.2 Å². The molecule has 1 aromatic rings. The Morgan fingerprint density at radius 3 is 2.55 bits per heavy atom. The van der Waals surface area contributed by atoms with Crippen LogP contribution in [0.5, 0.6) is 0 Å². The lowest BCUT2D eigenvalue weighted by atomic mass is 10.1. The summed E-state index contributed by atoms with van der Waals surface area (Å²) in [7, 11) is 0. The molecule has 1 saturated heterocycles. The van der Waals surface area contributed by atoms with E-state index in [0.29, 0.717) is 0 Å². The van der Waals surface area contributed by atoms with Crippen LogP contribution in [0, 0.1) is 0 Å². The number of nitrogen functional groups attached to an aromatic ring is 1. The summed E-state index contributed by atoms with van der Waals surface area (Å²) in [5, 5.41) is 3.34. The molecule has 1 aromatic carbocycles. The highest BCUT2D eigenvalue weighted by Gasteiger charge is 2.16. The molecular weight excluding hydrogens is 321 g/mol. The van der Waals surface area contributed by atoms with Crippen molar-refractivity contribution in [3.05, 3.63) is 23.3 Å². The summed E-state index contributed by atoms with van der Waals surface area (Å²) in [6.07, 6.45) is 1.09. The molecule has 0 spiro atoms. The number of benzene rings is 1. The molecule has 1 fully saturated rings. The van der Waals surface area contributed by atoms with E-state index in [9.17, 15) is 0 Å². The highest BCUT2D eigenvalue weighted by Crippen LogP contribution is 2.30. The van der Waals surface area contributed by atoms with Gasteiger partial charge < -0.3 is 15.8 Å². The second-order valence-electron chi connectivity index (χ2n) is 4.78. The van der Waals surface area contributed by atoms with E-state index in [1.165, 1.54) is 11.1 Å². The largest absolute Gasteiger partial charge is 0.397 e. The highest BCUT2D eigenvalue weighted by atomic mass is 35.5. The average molecular weight is 343 g/mol. The van der Waals surface area contributed by atoms with Crippen LogP contribution >= 0.6 is 37.2 Å². The molecule has 4 nitrogen and oxygen atoms in total. The van der Waals surface area contributed by atoms with E-state index in [0.717, 1.165) is 57.2 Å². The van der Waals surface area contributed by atoms with E-state index in [2.05, 4.69) is 22.3 Å². The van der Waals surface area contributed by atoms with Gasteiger partial charge in [0.15, 0.2) is 0 Å². The van der Waals surface area contributed by atoms with E-state index < -0.39 is 0 Å².